The van der Waals surface area contributed by atoms with E-state index in [1.54, 1.807) is 11.3 Å². The molecule has 76 valence electrons. The van der Waals surface area contributed by atoms with Crippen molar-refractivity contribution in [2.45, 2.75) is 32.1 Å². The number of aryl methyl sites for hydroxylation is 1. The highest BCUT2D eigenvalue weighted by molar-refractivity contribution is 7.10. The molecule has 0 aliphatic heterocycles. The molecule has 0 saturated heterocycles. The van der Waals surface area contributed by atoms with Crippen LogP contribution in [0.25, 0.3) is 0 Å². The Labute approximate surface area is 87.9 Å². The van der Waals surface area contributed by atoms with E-state index >= 15 is 0 Å². The third-order valence-corrected chi connectivity index (χ3v) is 3.81. The maximum absolute atomic E-state index is 11.4. The number of fused-ring (bicyclic) bond motifs is 1. The number of ether oxygens (including phenoxy) is 1. The lowest BCUT2D eigenvalue weighted by atomic mass is 10.1. The molecule has 0 amide bonds. The van der Waals surface area contributed by atoms with Gasteiger partial charge in [0.15, 0.2) is 0 Å². The molecule has 1 aromatic heterocycles. The molecular weight excluding hydrogens is 196 g/mol. The van der Waals surface area contributed by atoms with Crippen LogP contribution in [-0.2, 0) is 17.6 Å². The van der Waals surface area contributed by atoms with E-state index in [0.717, 1.165) is 18.4 Å². The second-order valence-electron chi connectivity index (χ2n) is 3.60. The minimum absolute atomic E-state index is 0.176. The topological polar surface area (TPSA) is 26.3 Å². The molecule has 1 heterocycles. The van der Waals surface area contributed by atoms with Gasteiger partial charge in [-0.15, -0.1) is 11.3 Å². The van der Waals surface area contributed by atoms with E-state index in [2.05, 4.69) is 0 Å². The molecule has 0 unspecified atom stereocenters. The van der Waals surface area contributed by atoms with Gasteiger partial charge in [0, 0.05) is 10.3 Å². The summed E-state index contributed by atoms with van der Waals surface area (Å²) in [5.41, 5.74) is 2.05. The molecule has 1 aromatic rings. The largest absolute Gasteiger partial charge is 0.465 e. The van der Waals surface area contributed by atoms with E-state index < -0.39 is 0 Å². The van der Waals surface area contributed by atoms with Crippen molar-refractivity contribution in [1.29, 1.82) is 0 Å². The first-order chi connectivity index (χ1) is 6.83. The molecule has 0 spiro atoms. The van der Waals surface area contributed by atoms with Gasteiger partial charge in [-0.3, -0.25) is 0 Å². The molecular formula is C11H14O2S. The van der Waals surface area contributed by atoms with E-state index in [-0.39, 0.29) is 5.97 Å². The molecule has 14 heavy (non-hydrogen) atoms. The lowest BCUT2D eigenvalue weighted by Gasteiger charge is -2.01. The predicted molar refractivity (Wildman–Crippen MR) is 56.9 cm³/mol. The van der Waals surface area contributed by atoms with Crippen molar-refractivity contribution in [2.75, 3.05) is 7.11 Å². The van der Waals surface area contributed by atoms with Crippen molar-refractivity contribution in [3.05, 3.63) is 21.4 Å². The van der Waals surface area contributed by atoms with E-state index in [1.807, 2.05) is 5.38 Å². The molecule has 0 fully saturated rings. The van der Waals surface area contributed by atoms with Crippen LogP contribution >= 0.6 is 11.3 Å². The number of esters is 1. The minimum atomic E-state index is -0.176. The Morgan fingerprint density at radius 2 is 2.14 bits per heavy atom. The smallest absolute Gasteiger partial charge is 0.338 e. The van der Waals surface area contributed by atoms with Crippen molar-refractivity contribution < 1.29 is 9.53 Å². The van der Waals surface area contributed by atoms with Crippen LogP contribution in [0.15, 0.2) is 5.38 Å². The Kier molecular flexibility index (Phi) is 2.87. The summed E-state index contributed by atoms with van der Waals surface area (Å²) < 4.78 is 4.77. The van der Waals surface area contributed by atoms with Crippen molar-refractivity contribution in [2.24, 2.45) is 0 Å². The van der Waals surface area contributed by atoms with Crippen LogP contribution in [0.1, 0.15) is 40.1 Å². The summed E-state index contributed by atoms with van der Waals surface area (Å²) in [5.74, 6) is -0.176. The highest BCUT2D eigenvalue weighted by atomic mass is 32.1. The number of thiophene rings is 1. The van der Waals surface area contributed by atoms with Crippen LogP contribution in [0.2, 0.25) is 0 Å². The Bertz CT molecular complexity index is 341. The Hall–Kier alpha value is -0.830. The first kappa shape index (κ1) is 9.71. The maximum Gasteiger partial charge on any atom is 0.338 e. The summed E-state index contributed by atoms with van der Waals surface area (Å²) >= 11 is 1.71. The predicted octanol–water partition coefficient (Wildman–Crippen LogP) is 2.80. The molecule has 2 rings (SSSR count). The molecule has 0 atom stereocenters. The number of hydrogen-bond acceptors (Lipinski definition) is 3. The Balaban J connectivity index is 2.34. The highest BCUT2D eigenvalue weighted by Gasteiger charge is 2.19. The minimum Gasteiger partial charge on any atom is -0.465 e. The zero-order valence-corrected chi connectivity index (χ0v) is 9.15. The summed E-state index contributed by atoms with van der Waals surface area (Å²) in [6, 6.07) is 0. The van der Waals surface area contributed by atoms with Crippen molar-refractivity contribution >= 4 is 17.3 Å². The fourth-order valence-corrected chi connectivity index (χ4v) is 3.07. The molecule has 0 aromatic carbocycles. The van der Waals surface area contributed by atoms with E-state index in [0.29, 0.717) is 0 Å². The van der Waals surface area contributed by atoms with Gasteiger partial charge in [0.1, 0.15) is 0 Å². The lowest BCUT2D eigenvalue weighted by molar-refractivity contribution is 0.0600. The van der Waals surface area contributed by atoms with Gasteiger partial charge in [-0.1, -0.05) is 6.42 Å². The van der Waals surface area contributed by atoms with Crippen LogP contribution in [0.4, 0.5) is 0 Å². The van der Waals surface area contributed by atoms with Gasteiger partial charge in [-0.25, -0.2) is 4.79 Å². The number of methoxy groups -OCH3 is 1. The summed E-state index contributed by atoms with van der Waals surface area (Å²) in [4.78, 5) is 12.8. The Morgan fingerprint density at radius 1 is 1.36 bits per heavy atom. The molecule has 0 N–H and O–H groups in total. The molecule has 1 aliphatic rings. The summed E-state index contributed by atoms with van der Waals surface area (Å²) in [6.07, 6.45) is 5.92. The van der Waals surface area contributed by atoms with Gasteiger partial charge in [0.2, 0.25) is 0 Å². The average molecular weight is 210 g/mol. The summed E-state index contributed by atoms with van der Waals surface area (Å²) in [6.45, 7) is 0. The standard InChI is InChI=1S/C11H14O2S/c1-13-11(12)9-7-14-10-6-4-2-3-5-8(9)10/h7H,2-6H2,1H3. The van der Waals surface area contributed by atoms with Gasteiger partial charge >= 0.3 is 5.97 Å². The van der Waals surface area contributed by atoms with Crippen LogP contribution in [0, 0.1) is 0 Å². The number of hydrogen-bond donors (Lipinski definition) is 0. The first-order valence-electron chi connectivity index (χ1n) is 5.00. The molecule has 2 nitrogen and oxygen atoms in total. The number of rotatable bonds is 1. The third-order valence-electron chi connectivity index (χ3n) is 2.72. The number of carbonyl (C=O) groups is 1. The molecule has 1 aliphatic carbocycles. The zero-order chi connectivity index (χ0) is 9.97. The SMILES string of the molecule is COC(=O)c1csc2c1CCCCC2. The van der Waals surface area contributed by atoms with Crippen molar-refractivity contribution in [3.8, 4) is 0 Å². The van der Waals surface area contributed by atoms with Crippen LogP contribution in [0.3, 0.4) is 0 Å². The molecule has 3 heteroatoms. The maximum atomic E-state index is 11.4. The third kappa shape index (κ3) is 1.69. The second kappa shape index (κ2) is 4.13. The van der Waals surface area contributed by atoms with Gasteiger partial charge in [0.25, 0.3) is 0 Å². The zero-order valence-electron chi connectivity index (χ0n) is 8.34. The summed E-state index contributed by atoms with van der Waals surface area (Å²) in [5, 5.41) is 1.95. The van der Waals surface area contributed by atoms with Crippen LogP contribution in [-0.4, -0.2) is 13.1 Å². The molecule has 0 bridgehead atoms. The lowest BCUT2D eigenvalue weighted by Crippen LogP contribution is -2.03. The van der Waals surface area contributed by atoms with E-state index in [9.17, 15) is 4.79 Å². The van der Waals surface area contributed by atoms with E-state index in [1.165, 1.54) is 36.8 Å². The second-order valence-corrected chi connectivity index (χ2v) is 4.57. The van der Waals surface area contributed by atoms with E-state index in [4.69, 9.17) is 4.74 Å². The van der Waals surface area contributed by atoms with Gasteiger partial charge in [0.05, 0.1) is 12.7 Å². The number of carbonyl (C=O) groups excluding carboxylic acids is 1. The van der Waals surface area contributed by atoms with Crippen LogP contribution < -0.4 is 0 Å². The normalized spacial score (nSPS) is 15.8. The highest BCUT2D eigenvalue weighted by Crippen LogP contribution is 2.29. The monoisotopic (exact) mass is 210 g/mol. The van der Waals surface area contributed by atoms with Crippen molar-refractivity contribution in [1.82, 2.24) is 0 Å². The molecule has 0 radical (unpaired) electrons. The van der Waals surface area contributed by atoms with Gasteiger partial charge in [-0.05, 0) is 31.2 Å². The fraction of sp³-hybridized carbons (Fsp3) is 0.545. The fourth-order valence-electron chi connectivity index (χ4n) is 1.95. The van der Waals surface area contributed by atoms with Crippen LogP contribution in [0.5, 0.6) is 0 Å². The quantitative estimate of drug-likeness (QED) is 0.526. The van der Waals surface area contributed by atoms with Gasteiger partial charge < -0.3 is 4.74 Å². The average Bonchev–Trinajstić information content (AvgIpc) is 2.46. The van der Waals surface area contributed by atoms with Crippen molar-refractivity contribution in [3.63, 3.8) is 0 Å². The summed E-state index contributed by atoms with van der Waals surface area (Å²) in [7, 11) is 1.45. The first-order valence-corrected chi connectivity index (χ1v) is 5.88. The Morgan fingerprint density at radius 3 is 2.93 bits per heavy atom. The van der Waals surface area contributed by atoms with Gasteiger partial charge in [-0.2, -0.15) is 0 Å². The molecule has 0 saturated carbocycles.